The van der Waals surface area contributed by atoms with Gasteiger partial charge in [0.1, 0.15) is 17.3 Å². The maximum Gasteiger partial charge on any atom is 0.147 e. The Labute approximate surface area is 94.9 Å². The predicted molar refractivity (Wildman–Crippen MR) is 60.8 cm³/mol. The minimum Gasteiger partial charge on any atom is -0.506 e. The van der Waals surface area contributed by atoms with Gasteiger partial charge in [-0.3, -0.25) is 5.41 Å². The molecule has 82 valence electrons. The molecule has 0 aromatic carbocycles. The number of rotatable bonds is 1. The zero-order valence-corrected chi connectivity index (χ0v) is 9.13. The second kappa shape index (κ2) is 4.98. The number of pyridine rings is 1. The van der Waals surface area contributed by atoms with Crippen molar-refractivity contribution in [2.24, 2.45) is 0 Å². The highest BCUT2D eigenvalue weighted by atomic mass is 35.5. The molecule has 0 bridgehead atoms. The highest BCUT2D eigenvalue weighted by Crippen LogP contribution is 2.13. The minimum absolute atomic E-state index is 0. The van der Waals surface area contributed by atoms with Crippen molar-refractivity contribution in [2.75, 3.05) is 13.1 Å². The molecule has 0 atom stereocenters. The van der Waals surface area contributed by atoms with Gasteiger partial charge in [-0.1, -0.05) is 0 Å². The molecule has 1 saturated heterocycles. The predicted octanol–water partition coefficient (Wildman–Crippen LogP) is 1.63. The molecule has 0 saturated carbocycles. The summed E-state index contributed by atoms with van der Waals surface area (Å²) < 4.78 is 0. The Morgan fingerprint density at radius 2 is 2.00 bits per heavy atom. The third-order valence-corrected chi connectivity index (χ3v) is 2.41. The van der Waals surface area contributed by atoms with Crippen LogP contribution in [0.4, 0.5) is 0 Å². The Morgan fingerprint density at radius 3 is 2.53 bits per heavy atom. The average Bonchev–Trinajstić information content (AvgIpc) is 2.71. The number of nitrogens with one attached hydrogen (secondary N) is 1. The van der Waals surface area contributed by atoms with Gasteiger partial charge in [-0.15, -0.1) is 12.4 Å². The highest BCUT2D eigenvalue weighted by Gasteiger charge is 2.16. The van der Waals surface area contributed by atoms with E-state index in [1.165, 1.54) is 6.20 Å². The number of amidine groups is 1. The number of nitrogens with zero attached hydrogens (tertiary/aromatic N) is 2. The second-order valence-corrected chi connectivity index (χ2v) is 3.44. The smallest absolute Gasteiger partial charge is 0.147 e. The quantitative estimate of drug-likeness (QED) is 0.566. The lowest BCUT2D eigenvalue weighted by atomic mass is 10.3. The molecule has 1 fully saturated rings. The molecule has 15 heavy (non-hydrogen) atoms. The van der Waals surface area contributed by atoms with Crippen molar-refractivity contribution in [3.63, 3.8) is 0 Å². The summed E-state index contributed by atoms with van der Waals surface area (Å²) in [5, 5.41) is 16.9. The van der Waals surface area contributed by atoms with Gasteiger partial charge in [-0.05, 0) is 25.0 Å². The van der Waals surface area contributed by atoms with Gasteiger partial charge in [-0.2, -0.15) is 0 Å². The zero-order chi connectivity index (χ0) is 9.97. The lowest BCUT2D eigenvalue weighted by Crippen LogP contribution is -2.28. The van der Waals surface area contributed by atoms with Gasteiger partial charge < -0.3 is 10.0 Å². The van der Waals surface area contributed by atoms with Gasteiger partial charge in [0, 0.05) is 13.1 Å². The Morgan fingerprint density at radius 1 is 1.33 bits per heavy atom. The van der Waals surface area contributed by atoms with E-state index in [2.05, 4.69) is 4.98 Å². The Hall–Kier alpha value is -1.29. The normalized spacial score (nSPS) is 14.8. The minimum atomic E-state index is 0. The molecule has 1 aromatic rings. The molecular formula is C10H14ClN3O. The van der Waals surface area contributed by atoms with E-state index in [4.69, 9.17) is 10.5 Å². The van der Waals surface area contributed by atoms with Gasteiger partial charge in [0.2, 0.25) is 0 Å². The molecule has 0 amide bonds. The van der Waals surface area contributed by atoms with E-state index < -0.39 is 0 Å². The average molecular weight is 228 g/mol. The van der Waals surface area contributed by atoms with Crippen LogP contribution < -0.4 is 0 Å². The molecule has 0 unspecified atom stereocenters. The van der Waals surface area contributed by atoms with Crippen molar-refractivity contribution in [2.45, 2.75) is 12.8 Å². The van der Waals surface area contributed by atoms with E-state index >= 15 is 0 Å². The fourth-order valence-corrected chi connectivity index (χ4v) is 1.63. The van der Waals surface area contributed by atoms with Crippen LogP contribution in [0.15, 0.2) is 18.3 Å². The Kier molecular flexibility index (Phi) is 3.91. The Balaban J connectivity index is 0.00000112. The van der Waals surface area contributed by atoms with Crippen LogP contribution >= 0.6 is 12.4 Å². The van der Waals surface area contributed by atoms with Crippen molar-refractivity contribution >= 4 is 18.2 Å². The van der Waals surface area contributed by atoms with Crippen LogP contribution in [0.2, 0.25) is 0 Å². The summed E-state index contributed by atoms with van der Waals surface area (Å²) in [5.74, 6) is 0.602. The van der Waals surface area contributed by atoms with Crippen LogP contribution in [0.1, 0.15) is 18.5 Å². The molecule has 4 nitrogen and oxygen atoms in total. The van der Waals surface area contributed by atoms with E-state index in [1.807, 2.05) is 4.90 Å². The van der Waals surface area contributed by atoms with Crippen LogP contribution in [0.3, 0.4) is 0 Å². The zero-order valence-electron chi connectivity index (χ0n) is 8.31. The molecule has 1 aromatic heterocycles. The lowest BCUT2D eigenvalue weighted by molar-refractivity contribution is 0.472. The van der Waals surface area contributed by atoms with Crippen molar-refractivity contribution in [1.82, 2.24) is 9.88 Å². The maximum atomic E-state index is 9.06. The molecule has 2 rings (SSSR count). The third kappa shape index (κ3) is 2.59. The summed E-state index contributed by atoms with van der Waals surface area (Å²) in [5.41, 5.74) is 0.629. The molecule has 0 radical (unpaired) electrons. The van der Waals surface area contributed by atoms with Gasteiger partial charge in [0.05, 0.1) is 6.20 Å². The van der Waals surface area contributed by atoms with Gasteiger partial charge in [0.15, 0.2) is 0 Å². The summed E-state index contributed by atoms with van der Waals surface area (Å²) in [6.07, 6.45) is 3.68. The molecule has 5 heteroatoms. The van der Waals surface area contributed by atoms with Gasteiger partial charge in [-0.25, -0.2) is 4.98 Å². The molecule has 2 N–H and O–H groups in total. The number of hydrogen-bond donors (Lipinski definition) is 2. The fourth-order valence-electron chi connectivity index (χ4n) is 1.63. The number of aromatic hydroxyl groups is 1. The Bertz CT molecular complexity index is 333. The van der Waals surface area contributed by atoms with Crippen molar-refractivity contribution in [3.05, 3.63) is 24.0 Å². The molecule has 0 spiro atoms. The van der Waals surface area contributed by atoms with E-state index in [9.17, 15) is 0 Å². The molecule has 0 aliphatic carbocycles. The molecular weight excluding hydrogens is 214 g/mol. The number of likely N-dealkylation sites (tertiary alicyclic amines) is 1. The van der Waals surface area contributed by atoms with Crippen molar-refractivity contribution in [1.29, 1.82) is 5.41 Å². The lowest BCUT2D eigenvalue weighted by Gasteiger charge is -2.17. The molecule has 2 heterocycles. The van der Waals surface area contributed by atoms with Crippen LogP contribution in [0.5, 0.6) is 5.75 Å². The van der Waals surface area contributed by atoms with Gasteiger partial charge >= 0.3 is 0 Å². The SMILES string of the molecule is Cl.N=C(c1ccc(O)cn1)N1CCCC1. The third-order valence-electron chi connectivity index (χ3n) is 2.41. The summed E-state index contributed by atoms with van der Waals surface area (Å²) in [6.45, 7) is 1.89. The molecule has 1 aliphatic rings. The summed E-state index contributed by atoms with van der Waals surface area (Å²) in [4.78, 5) is 6.02. The first-order chi connectivity index (χ1) is 6.77. The number of hydrogen-bond acceptors (Lipinski definition) is 3. The molecule has 1 aliphatic heterocycles. The first-order valence-corrected chi connectivity index (χ1v) is 4.76. The van der Waals surface area contributed by atoms with E-state index in [-0.39, 0.29) is 18.2 Å². The van der Waals surface area contributed by atoms with Crippen molar-refractivity contribution in [3.8, 4) is 5.75 Å². The van der Waals surface area contributed by atoms with Crippen LogP contribution in [0, 0.1) is 5.41 Å². The van der Waals surface area contributed by atoms with E-state index in [1.54, 1.807) is 12.1 Å². The first kappa shape index (κ1) is 11.8. The van der Waals surface area contributed by atoms with Gasteiger partial charge in [0.25, 0.3) is 0 Å². The largest absolute Gasteiger partial charge is 0.506 e. The fraction of sp³-hybridized carbons (Fsp3) is 0.400. The van der Waals surface area contributed by atoms with Crippen LogP contribution in [0.25, 0.3) is 0 Å². The summed E-state index contributed by atoms with van der Waals surface area (Å²) in [7, 11) is 0. The van der Waals surface area contributed by atoms with E-state index in [0.29, 0.717) is 11.5 Å². The monoisotopic (exact) mass is 227 g/mol. The van der Waals surface area contributed by atoms with Crippen molar-refractivity contribution < 1.29 is 5.11 Å². The van der Waals surface area contributed by atoms with E-state index in [0.717, 1.165) is 25.9 Å². The summed E-state index contributed by atoms with van der Waals surface area (Å²) in [6, 6.07) is 3.24. The standard InChI is InChI=1S/C10H13N3O.ClH/c11-10(13-5-1-2-6-13)9-4-3-8(14)7-12-9;/h3-4,7,11,14H,1-2,5-6H2;1H. The van der Waals surface area contributed by atoms with Crippen LogP contribution in [-0.2, 0) is 0 Å². The second-order valence-electron chi connectivity index (χ2n) is 3.44. The van der Waals surface area contributed by atoms with Crippen LogP contribution in [-0.4, -0.2) is 33.9 Å². The first-order valence-electron chi connectivity index (χ1n) is 4.76. The highest BCUT2D eigenvalue weighted by molar-refractivity contribution is 5.94. The number of halogens is 1. The number of aromatic nitrogens is 1. The topological polar surface area (TPSA) is 60.2 Å². The maximum absolute atomic E-state index is 9.06. The summed E-state index contributed by atoms with van der Waals surface area (Å²) >= 11 is 0.